The van der Waals surface area contributed by atoms with Crippen molar-refractivity contribution in [1.82, 2.24) is 4.57 Å². The Kier molecular flexibility index (Phi) is 4.08. The summed E-state index contributed by atoms with van der Waals surface area (Å²) >= 11 is 0. The van der Waals surface area contributed by atoms with Crippen molar-refractivity contribution in [3.63, 3.8) is 0 Å². The number of carbonyl (C=O) groups excluding carboxylic acids is 1. The summed E-state index contributed by atoms with van der Waals surface area (Å²) in [6.45, 7) is 6.47. The lowest BCUT2D eigenvalue weighted by molar-refractivity contribution is 0.0523. The first-order valence-corrected chi connectivity index (χ1v) is 6.92. The van der Waals surface area contributed by atoms with E-state index in [4.69, 9.17) is 4.74 Å². The van der Waals surface area contributed by atoms with Gasteiger partial charge >= 0.3 is 5.97 Å². The van der Waals surface area contributed by atoms with Gasteiger partial charge in [-0.1, -0.05) is 6.42 Å². The van der Waals surface area contributed by atoms with Crippen LogP contribution in [0.1, 0.15) is 47.8 Å². The summed E-state index contributed by atoms with van der Waals surface area (Å²) in [5.74, 6) is 0.244. The van der Waals surface area contributed by atoms with Gasteiger partial charge in [0.05, 0.1) is 12.2 Å². The summed E-state index contributed by atoms with van der Waals surface area (Å²) < 4.78 is 6.80. The molecule has 0 spiro atoms. The Morgan fingerprint density at radius 2 is 2.11 bits per heavy atom. The van der Waals surface area contributed by atoms with Crippen molar-refractivity contribution in [3.8, 4) is 0 Å². The van der Waals surface area contributed by atoms with Crippen LogP contribution in [0.25, 0.3) is 0 Å². The van der Waals surface area contributed by atoms with Crippen LogP contribution in [0.15, 0.2) is 10.9 Å². The highest BCUT2D eigenvalue weighted by atomic mass is 16.5. The zero-order valence-corrected chi connectivity index (χ0v) is 11.9. The predicted octanol–water partition coefficient (Wildman–Crippen LogP) is 2.44. The predicted molar refractivity (Wildman–Crippen MR) is 73.5 cm³/mol. The molecule has 1 aliphatic carbocycles. The molecule has 4 heteroatoms. The average Bonchev–Trinajstić information content (AvgIpc) is 2.26. The molecular weight excluding hydrogens is 242 g/mol. The summed E-state index contributed by atoms with van der Waals surface area (Å²) in [5, 5.41) is 0. The molecule has 0 bridgehead atoms. The first kappa shape index (κ1) is 13.8. The second-order valence-electron chi connectivity index (χ2n) is 5.25. The highest BCUT2D eigenvalue weighted by Gasteiger charge is 2.22. The first-order valence-electron chi connectivity index (χ1n) is 6.92. The quantitative estimate of drug-likeness (QED) is 0.784. The van der Waals surface area contributed by atoms with Crippen molar-refractivity contribution < 1.29 is 9.53 Å². The van der Waals surface area contributed by atoms with Crippen LogP contribution in [0, 0.1) is 19.8 Å². The maximum Gasteiger partial charge on any atom is 0.340 e. The van der Waals surface area contributed by atoms with Crippen molar-refractivity contribution in [2.45, 2.75) is 46.6 Å². The summed E-state index contributed by atoms with van der Waals surface area (Å²) in [5.41, 5.74) is 1.96. The molecular formula is C15H21NO3. The van der Waals surface area contributed by atoms with Crippen molar-refractivity contribution >= 4 is 5.97 Å². The van der Waals surface area contributed by atoms with E-state index in [0.717, 1.165) is 12.2 Å². The molecule has 1 saturated carbocycles. The van der Waals surface area contributed by atoms with Gasteiger partial charge in [-0.15, -0.1) is 0 Å². The maximum absolute atomic E-state index is 12.1. The Balaban J connectivity index is 2.40. The van der Waals surface area contributed by atoms with Crippen molar-refractivity contribution in [2.24, 2.45) is 5.92 Å². The van der Waals surface area contributed by atoms with E-state index in [1.165, 1.54) is 25.3 Å². The van der Waals surface area contributed by atoms with Gasteiger partial charge in [-0.05, 0) is 45.1 Å². The van der Waals surface area contributed by atoms with Crippen molar-refractivity contribution in [3.05, 3.63) is 33.2 Å². The number of hydrogen-bond donors (Lipinski definition) is 0. The van der Waals surface area contributed by atoms with Crippen molar-refractivity contribution in [1.29, 1.82) is 0 Å². The van der Waals surface area contributed by atoms with Crippen molar-refractivity contribution in [2.75, 3.05) is 6.61 Å². The normalized spacial score (nSPS) is 15.1. The highest BCUT2D eigenvalue weighted by molar-refractivity contribution is 5.92. The van der Waals surface area contributed by atoms with Crippen LogP contribution in [0.4, 0.5) is 0 Å². The summed E-state index contributed by atoms with van der Waals surface area (Å²) in [4.78, 5) is 24.1. The largest absolute Gasteiger partial charge is 0.462 e. The average molecular weight is 263 g/mol. The third kappa shape index (κ3) is 2.72. The molecule has 104 valence electrons. The second-order valence-corrected chi connectivity index (χ2v) is 5.25. The zero-order chi connectivity index (χ0) is 14.0. The molecule has 1 aliphatic rings. The summed E-state index contributed by atoms with van der Waals surface area (Å²) in [6.07, 6.45) is 3.60. The third-order valence-electron chi connectivity index (χ3n) is 3.91. The Morgan fingerprint density at radius 3 is 2.63 bits per heavy atom. The van der Waals surface area contributed by atoms with E-state index in [9.17, 15) is 9.59 Å². The number of aryl methyl sites for hydroxylation is 1. The van der Waals surface area contributed by atoms with Crippen LogP contribution in [0.5, 0.6) is 0 Å². The van der Waals surface area contributed by atoms with Gasteiger partial charge in [0.1, 0.15) is 0 Å². The third-order valence-corrected chi connectivity index (χ3v) is 3.91. The van der Waals surface area contributed by atoms with E-state index in [1.807, 2.05) is 6.92 Å². The summed E-state index contributed by atoms with van der Waals surface area (Å²) in [7, 11) is 0. The molecule has 1 aromatic heterocycles. The van der Waals surface area contributed by atoms with Crippen LogP contribution >= 0.6 is 0 Å². The molecule has 0 saturated heterocycles. The number of ether oxygens (including phenoxy) is 1. The van der Waals surface area contributed by atoms with Gasteiger partial charge in [0.25, 0.3) is 5.56 Å². The van der Waals surface area contributed by atoms with Crippen LogP contribution in [-0.2, 0) is 11.3 Å². The first-order chi connectivity index (χ1) is 9.04. The maximum atomic E-state index is 12.1. The second kappa shape index (κ2) is 5.59. The molecule has 2 rings (SSSR count). The Morgan fingerprint density at radius 1 is 1.42 bits per heavy atom. The standard InChI is InChI=1S/C15H21NO3/c1-4-19-15(18)14-10(2)8-13(17)16(11(14)3)9-12-6-5-7-12/h8,12H,4-7,9H2,1-3H3. The molecule has 0 unspecified atom stereocenters. The van der Waals surface area contributed by atoms with Crippen LogP contribution in [-0.4, -0.2) is 17.1 Å². The molecule has 1 aromatic rings. The number of carbonyl (C=O) groups is 1. The van der Waals surface area contributed by atoms with E-state index in [1.54, 1.807) is 18.4 Å². The SMILES string of the molecule is CCOC(=O)c1c(C)cc(=O)n(CC2CCC2)c1C. The van der Waals surface area contributed by atoms with Crippen LogP contribution in [0.3, 0.4) is 0 Å². The molecule has 1 fully saturated rings. The van der Waals surface area contributed by atoms with E-state index in [2.05, 4.69) is 0 Å². The Labute approximate surface area is 113 Å². The topological polar surface area (TPSA) is 48.3 Å². The highest BCUT2D eigenvalue weighted by Crippen LogP contribution is 2.28. The van der Waals surface area contributed by atoms with Crippen LogP contribution in [0.2, 0.25) is 0 Å². The minimum Gasteiger partial charge on any atom is -0.462 e. The number of pyridine rings is 1. The smallest absolute Gasteiger partial charge is 0.340 e. The van der Waals surface area contributed by atoms with E-state index in [-0.39, 0.29) is 11.5 Å². The Bertz CT molecular complexity index is 541. The lowest BCUT2D eigenvalue weighted by Gasteiger charge is -2.27. The van der Waals surface area contributed by atoms with Crippen LogP contribution < -0.4 is 5.56 Å². The number of rotatable bonds is 4. The fourth-order valence-corrected chi connectivity index (χ4v) is 2.59. The Hall–Kier alpha value is -1.58. The lowest BCUT2D eigenvalue weighted by atomic mass is 9.85. The minimum atomic E-state index is -0.333. The molecule has 4 nitrogen and oxygen atoms in total. The molecule has 0 atom stereocenters. The van der Waals surface area contributed by atoms with Gasteiger partial charge in [-0.25, -0.2) is 4.79 Å². The molecule has 0 radical (unpaired) electrons. The van der Waals surface area contributed by atoms with Gasteiger partial charge in [0.15, 0.2) is 0 Å². The van der Waals surface area contributed by atoms with E-state index < -0.39 is 0 Å². The van der Waals surface area contributed by atoms with E-state index >= 15 is 0 Å². The molecule has 1 heterocycles. The minimum absolute atomic E-state index is 0.0186. The number of hydrogen-bond acceptors (Lipinski definition) is 3. The fourth-order valence-electron chi connectivity index (χ4n) is 2.59. The number of nitrogens with zero attached hydrogens (tertiary/aromatic N) is 1. The number of esters is 1. The molecule has 0 amide bonds. The fraction of sp³-hybridized carbons (Fsp3) is 0.600. The molecule has 0 aliphatic heterocycles. The number of aromatic nitrogens is 1. The monoisotopic (exact) mass is 263 g/mol. The lowest BCUT2D eigenvalue weighted by Crippen LogP contribution is -2.30. The van der Waals surface area contributed by atoms with E-state index in [0.29, 0.717) is 23.7 Å². The van der Waals surface area contributed by atoms with Gasteiger partial charge in [-0.3, -0.25) is 4.79 Å². The molecule has 0 N–H and O–H groups in total. The van der Waals surface area contributed by atoms with Gasteiger partial charge in [0, 0.05) is 18.3 Å². The van der Waals surface area contributed by atoms with Gasteiger partial charge in [0.2, 0.25) is 0 Å². The van der Waals surface area contributed by atoms with Gasteiger partial charge < -0.3 is 9.30 Å². The molecule has 19 heavy (non-hydrogen) atoms. The van der Waals surface area contributed by atoms with Gasteiger partial charge in [-0.2, -0.15) is 0 Å². The molecule has 0 aromatic carbocycles. The zero-order valence-electron chi connectivity index (χ0n) is 11.9. The summed E-state index contributed by atoms with van der Waals surface area (Å²) in [6, 6.07) is 1.54.